The summed E-state index contributed by atoms with van der Waals surface area (Å²) >= 11 is 0. The van der Waals surface area contributed by atoms with Crippen molar-refractivity contribution in [2.24, 2.45) is 5.73 Å². The van der Waals surface area contributed by atoms with Crippen LogP contribution in [0.15, 0.2) is 0 Å². The van der Waals surface area contributed by atoms with Crippen molar-refractivity contribution in [3.05, 3.63) is 0 Å². The Bertz CT molecular complexity index is 116. The van der Waals surface area contributed by atoms with E-state index in [1.165, 1.54) is 0 Å². The summed E-state index contributed by atoms with van der Waals surface area (Å²) < 4.78 is 0. The largest absolute Gasteiger partial charge is 0.394 e. The molecule has 4 N–H and O–H groups in total. The van der Waals surface area contributed by atoms with E-state index >= 15 is 0 Å². The summed E-state index contributed by atoms with van der Waals surface area (Å²) in [6.45, 7) is 8.63. The van der Waals surface area contributed by atoms with Crippen molar-refractivity contribution >= 4 is 0 Å². The van der Waals surface area contributed by atoms with Crippen LogP contribution in [0.25, 0.3) is 0 Å². The second-order valence-corrected chi connectivity index (χ2v) is 4.38. The number of aliphatic hydroxyl groups excluding tert-OH is 1. The lowest BCUT2D eigenvalue weighted by atomic mass is 10.0. The zero-order valence-corrected chi connectivity index (χ0v) is 7.94. The molecule has 0 unspecified atom stereocenters. The van der Waals surface area contributed by atoms with Gasteiger partial charge in [0, 0.05) is 17.6 Å². The normalized spacial score (nSPS) is 13.6. The minimum Gasteiger partial charge on any atom is -0.394 e. The van der Waals surface area contributed by atoms with Gasteiger partial charge in [0.15, 0.2) is 0 Å². The molecule has 0 aliphatic carbocycles. The van der Waals surface area contributed by atoms with Crippen LogP contribution in [0.3, 0.4) is 0 Å². The van der Waals surface area contributed by atoms with Gasteiger partial charge in [0.25, 0.3) is 0 Å². The maximum absolute atomic E-state index is 8.89. The predicted octanol–water partition coefficient (Wildman–Crippen LogP) is 0.0842. The van der Waals surface area contributed by atoms with Gasteiger partial charge in [-0.05, 0) is 27.7 Å². The number of aliphatic hydroxyl groups is 1. The smallest absolute Gasteiger partial charge is 0.0607 e. The van der Waals surface area contributed by atoms with Crippen LogP contribution in [0.2, 0.25) is 0 Å². The van der Waals surface area contributed by atoms with Crippen LogP contribution in [0, 0.1) is 0 Å². The molecule has 0 fully saturated rings. The highest BCUT2D eigenvalue weighted by molar-refractivity contribution is 4.82. The topological polar surface area (TPSA) is 58.3 Å². The minimum atomic E-state index is -0.226. The second kappa shape index (κ2) is 3.52. The monoisotopic (exact) mass is 160 g/mol. The van der Waals surface area contributed by atoms with Crippen molar-refractivity contribution in [3.8, 4) is 0 Å². The van der Waals surface area contributed by atoms with E-state index in [1.54, 1.807) is 0 Å². The first-order chi connectivity index (χ1) is 4.77. The molecule has 0 spiro atoms. The third-order valence-electron chi connectivity index (χ3n) is 1.42. The van der Waals surface area contributed by atoms with Crippen molar-refractivity contribution in [1.29, 1.82) is 0 Å². The first-order valence-corrected chi connectivity index (χ1v) is 3.92. The third-order valence-corrected chi connectivity index (χ3v) is 1.42. The lowest BCUT2D eigenvalue weighted by molar-refractivity contribution is 0.182. The number of nitrogens with two attached hydrogens (primary N) is 1. The van der Waals surface area contributed by atoms with E-state index in [9.17, 15) is 0 Å². The summed E-state index contributed by atoms with van der Waals surface area (Å²) in [5.74, 6) is 0. The van der Waals surface area contributed by atoms with Crippen LogP contribution in [-0.4, -0.2) is 29.3 Å². The summed E-state index contributed by atoms with van der Waals surface area (Å²) in [7, 11) is 0. The molecule has 11 heavy (non-hydrogen) atoms. The summed E-state index contributed by atoms with van der Waals surface area (Å²) in [5, 5.41) is 12.1. The number of hydrogen-bond acceptors (Lipinski definition) is 3. The standard InChI is InChI=1S/C8H20N2O/c1-7(2,9)5-10-8(3,4)6-11/h10-11H,5-6,9H2,1-4H3. The van der Waals surface area contributed by atoms with Crippen LogP contribution in [0.4, 0.5) is 0 Å². The zero-order chi connectivity index (χ0) is 9.12. The van der Waals surface area contributed by atoms with Crippen molar-refractivity contribution in [2.45, 2.75) is 38.8 Å². The SMILES string of the molecule is CC(C)(N)CNC(C)(C)CO. The molecule has 0 saturated heterocycles. The highest BCUT2D eigenvalue weighted by atomic mass is 16.3. The molecule has 0 aromatic rings. The molecule has 0 bridgehead atoms. The zero-order valence-electron chi connectivity index (χ0n) is 7.94. The first-order valence-electron chi connectivity index (χ1n) is 3.92. The Balaban J connectivity index is 3.70. The van der Waals surface area contributed by atoms with Crippen LogP contribution >= 0.6 is 0 Å². The Morgan fingerprint density at radius 1 is 1.27 bits per heavy atom. The van der Waals surface area contributed by atoms with Crippen molar-refractivity contribution < 1.29 is 5.11 Å². The molecule has 3 heteroatoms. The Labute approximate surface area is 69.0 Å². The molecule has 0 aliphatic rings. The van der Waals surface area contributed by atoms with E-state index in [0.29, 0.717) is 6.54 Å². The minimum absolute atomic E-state index is 0.128. The van der Waals surface area contributed by atoms with Gasteiger partial charge in [-0.2, -0.15) is 0 Å². The number of rotatable bonds is 4. The quantitative estimate of drug-likeness (QED) is 0.546. The van der Waals surface area contributed by atoms with Crippen LogP contribution in [0.5, 0.6) is 0 Å². The number of nitrogens with one attached hydrogen (secondary N) is 1. The second-order valence-electron chi connectivity index (χ2n) is 4.38. The molecule has 0 aromatic heterocycles. The van der Waals surface area contributed by atoms with Crippen LogP contribution in [0.1, 0.15) is 27.7 Å². The molecular weight excluding hydrogens is 140 g/mol. The van der Waals surface area contributed by atoms with Gasteiger partial charge in [0.2, 0.25) is 0 Å². The molecule has 0 atom stereocenters. The molecule has 3 nitrogen and oxygen atoms in total. The highest BCUT2D eigenvalue weighted by Gasteiger charge is 2.19. The molecule has 0 saturated carbocycles. The van der Waals surface area contributed by atoms with Gasteiger partial charge in [-0.3, -0.25) is 0 Å². The molecule has 0 amide bonds. The van der Waals surface area contributed by atoms with Crippen molar-refractivity contribution in [1.82, 2.24) is 5.32 Å². The predicted molar refractivity (Wildman–Crippen MR) is 47.4 cm³/mol. The summed E-state index contributed by atoms with van der Waals surface area (Å²) in [5.41, 5.74) is 5.31. The lowest BCUT2D eigenvalue weighted by Crippen LogP contribution is -2.52. The van der Waals surface area contributed by atoms with Gasteiger partial charge in [-0.15, -0.1) is 0 Å². The van der Waals surface area contributed by atoms with E-state index in [2.05, 4.69) is 5.32 Å². The Morgan fingerprint density at radius 3 is 2.00 bits per heavy atom. The molecule has 0 aromatic carbocycles. The van der Waals surface area contributed by atoms with E-state index in [0.717, 1.165) is 0 Å². The highest BCUT2D eigenvalue weighted by Crippen LogP contribution is 2.02. The Hall–Kier alpha value is -0.120. The van der Waals surface area contributed by atoms with Gasteiger partial charge < -0.3 is 16.2 Å². The maximum Gasteiger partial charge on any atom is 0.0607 e. The summed E-state index contributed by atoms with van der Waals surface area (Å²) in [4.78, 5) is 0. The lowest BCUT2D eigenvalue weighted by Gasteiger charge is -2.28. The fourth-order valence-electron chi connectivity index (χ4n) is 0.523. The van der Waals surface area contributed by atoms with Crippen molar-refractivity contribution in [2.75, 3.05) is 13.2 Å². The van der Waals surface area contributed by atoms with Gasteiger partial charge in [-0.1, -0.05) is 0 Å². The van der Waals surface area contributed by atoms with Gasteiger partial charge in [-0.25, -0.2) is 0 Å². The van der Waals surface area contributed by atoms with E-state index in [-0.39, 0.29) is 17.7 Å². The van der Waals surface area contributed by atoms with Gasteiger partial charge >= 0.3 is 0 Å². The van der Waals surface area contributed by atoms with E-state index < -0.39 is 0 Å². The molecule has 0 radical (unpaired) electrons. The first kappa shape index (κ1) is 10.9. The molecule has 68 valence electrons. The van der Waals surface area contributed by atoms with Crippen molar-refractivity contribution in [3.63, 3.8) is 0 Å². The Morgan fingerprint density at radius 2 is 1.73 bits per heavy atom. The Kier molecular flexibility index (Phi) is 3.48. The fourth-order valence-corrected chi connectivity index (χ4v) is 0.523. The molecule has 0 rings (SSSR count). The van der Waals surface area contributed by atoms with Crippen LogP contribution in [-0.2, 0) is 0 Å². The van der Waals surface area contributed by atoms with E-state index in [1.807, 2.05) is 27.7 Å². The van der Waals surface area contributed by atoms with Crippen LogP contribution < -0.4 is 11.1 Å². The third kappa shape index (κ3) is 6.28. The van der Waals surface area contributed by atoms with Gasteiger partial charge in [0.05, 0.1) is 6.61 Å². The molecule has 0 aliphatic heterocycles. The maximum atomic E-state index is 8.89. The summed E-state index contributed by atoms with van der Waals surface area (Å²) in [6, 6.07) is 0. The van der Waals surface area contributed by atoms with E-state index in [4.69, 9.17) is 10.8 Å². The number of hydrogen-bond donors (Lipinski definition) is 3. The average Bonchev–Trinajstić information content (AvgIpc) is 1.83. The van der Waals surface area contributed by atoms with Gasteiger partial charge in [0.1, 0.15) is 0 Å². The summed E-state index contributed by atoms with van der Waals surface area (Å²) in [6.07, 6.45) is 0. The average molecular weight is 160 g/mol. The fraction of sp³-hybridized carbons (Fsp3) is 1.00. The molecular formula is C8H20N2O. The molecule has 0 heterocycles.